The van der Waals surface area contributed by atoms with Crippen LogP contribution in [-0.2, 0) is 0 Å². The van der Waals surface area contributed by atoms with Crippen molar-refractivity contribution in [1.82, 2.24) is 0 Å². The first-order chi connectivity index (χ1) is 9.51. The summed E-state index contributed by atoms with van der Waals surface area (Å²) >= 11 is 6.67. The summed E-state index contributed by atoms with van der Waals surface area (Å²) in [6, 6.07) is 10.4. The average molecular weight is 400 g/mol. The Kier molecular flexibility index (Phi) is 4.67. The van der Waals surface area contributed by atoms with Gasteiger partial charge in [0, 0.05) is 21.4 Å². The van der Waals surface area contributed by atoms with E-state index in [0.717, 1.165) is 8.95 Å². The van der Waals surface area contributed by atoms with Crippen molar-refractivity contribution in [3.63, 3.8) is 0 Å². The number of nitrogen functional groups attached to an aromatic ring is 1. The number of halogens is 2. The lowest BCUT2D eigenvalue weighted by Gasteiger charge is -2.09. The second-order valence-corrected chi connectivity index (χ2v) is 5.75. The molecule has 0 spiro atoms. The van der Waals surface area contributed by atoms with Crippen LogP contribution in [0.15, 0.2) is 45.3 Å². The zero-order valence-corrected chi connectivity index (χ0v) is 13.8. The van der Waals surface area contributed by atoms with E-state index in [1.54, 1.807) is 43.5 Å². The van der Waals surface area contributed by atoms with Crippen LogP contribution in [0.2, 0.25) is 0 Å². The van der Waals surface area contributed by atoms with Crippen LogP contribution in [0.25, 0.3) is 0 Å². The van der Waals surface area contributed by atoms with Gasteiger partial charge in [0.25, 0.3) is 5.91 Å². The van der Waals surface area contributed by atoms with Gasteiger partial charge in [0.15, 0.2) is 0 Å². The van der Waals surface area contributed by atoms with Crippen molar-refractivity contribution >= 4 is 49.1 Å². The molecule has 20 heavy (non-hydrogen) atoms. The number of ether oxygens (including phenoxy) is 1. The fourth-order valence-corrected chi connectivity index (χ4v) is 2.42. The number of carbonyl (C=O) groups is 1. The Morgan fingerprint density at radius 3 is 2.50 bits per heavy atom. The van der Waals surface area contributed by atoms with Crippen molar-refractivity contribution in [3.05, 3.63) is 50.9 Å². The number of nitrogens with one attached hydrogen (secondary N) is 1. The highest BCUT2D eigenvalue weighted by atomic mass is 79.9. The fourth-order valence-electron chi connectivity index (χ4n) is 1.63. The third-order valence-corrected chi connectivity index (χ3v) is 4.01. The Morgan fingerprint density at radius 1 is 1.15 bits per heavy atom. The summed E-state index contributed by atoms with van der Waals surface area (Å²) < 4.78 is 6.67. The molecule has 0 saturated heterocycles. The summed E-state index contributed by atoms with van der Waals surface area (Å²) in [5, 5.41) is 2.80. The molecule has 0 aliphatic heterocycles. The van der Waals surface area contributed by atoms with Gasteiger partial charge in [-0.1, -0.05) is 0 Å². The van der Waals surface area contributed by atoms with Crippen molar-refractivity contribution < 1.29 is 9.53 Å². The van der Waals surface area contributed by atoms with Crippen molar-refractivity contribution in [2.45, 2.75) is 0 Å². The summed E-state index contributed by atoms with van der Waals surface area (Å²) in [5.74, 6) is 0.483. The van der Waals surface area contributed by atoms with Crippen LogP contribution in [0.3, 0.4) is 0 Å². The lowest BCUT2D eigenvalue weighted by Crippen LogP contribution is -2.12. The molecule has 2 aromatic carbocycles. The SMILES string of the molecule is COc1ccc(NC(=O)c2ccc(Br)c(N)c2)cc1Br. The predicted molar refractivity (Wildman–Crippen MR) is 87.2 cm³/mol. The Bertz CT molecular complexity index is 660. The van der Waals surface area contributed by atoms with Crippen LogP contribution < -0.4 is 15.8 Å². The van der Waals surface area contributed by atoms with Crippen molar-refractivity contribution in [3.8, 4) is 5.75 Å². The Balaban J connectivity index is 2.19. The van der Waals surface area contributed by atoms with Crippen LogP contribution in [-0.4, -0.2) is 13.0 Å². The minimum atomic E-state index is -0.221. The normalized spacial score (nSPS) is 10.2. The molecule has 6 heteroatoms. The van der Waals surface area contributed by atoms with Gasteiger partial charge in [-0.2, -0.15) is 0 Å². The van der Waals surface area contributed by atoms with E-state index < -0.39 is 0 Å². The maximum atomic E-state index is 12.1. The predicted octanol–water partition coefficient (Wildman–Crippen LogP) is 4.05. The van der Waals surface area contributed by atoms with E-state index in [4.69, 9.17) is 10.5 Å². The monoisotopic (exact) mass is 398 g/mol. The number of methoxy groups -OCH3 is 1. The molecule has 4 nitrogen and oxygen atoms in total. The third kappa shape index (κ3) is 3.32. The quantitative estimate of drug-likeness (QED) is 0.765. The number of benzene rings is 2. The minimum absolute atomic E-state index is 0.221. The van der Waals surface area contributed by atoms with Gasteiger partial charge in [-0.15, -0.1) is 0 Å². The van der Waals surface area contributed by atoms with E-state index in [0.29, 0.717) is 22.7 Å². The van der Waals surface area contributed by atoms with Gasteiger partial charge in [0.1, 0.15) is 5.75 Å². The van der Waals surface area contributed by atoms with Gasteiger partial charge in [-0.3, -0.25) is 4.79 Å². The molecule has 0 saturated carbocycles. The summed E-state index contributed by atoms with van der Waals surface area (Å²) in [4.78, 5) is 12.1. The molecule has 0 aromatic heterocycles. The van der Waals surface area contributed by atoms with Crippen LogP contribution in [0.5, 0.6) is 5.75 Å². The van der Waals surface area contributed by atoms with Gasteiger partial charge in [-0.25, -0.2) is 0 Å². The van der Waals surface area contributed by atoms with Crippen molar-refractivity contribution in [2.75, 3.05) is 18.2 Å². The molecule has 2 aromatic rings. The summed E-state index contributed by atoms with van der Waals surface area (Å²) in [5.41, 5.74) is 7.45. The first kappa shape index (κ1) is 14.9. The van der Waals surface area contributed by atoms with Crippen LogP contribution in [0.4, 0.5) is 11.4 Å². The number of rotatable bonds is 3. The molecule has 0 unspecified atom stereocenters. The van der Waals surface area contributed by atoms with Gasteiger partial charge in [-0.05, 0) is 68.3 Å². The van der Waals surface area contributed by atoms with Gasteiger partial charge < -0.3 is 15.8 Å². The molecule has 3 N–H and O–H groups in total. The highest BCUT2D eigenvalue weighted by Gasteiger charge is 2.09. The smallest absolute Gasteiger partial charge is 0.255 e. The van der Waals surface area contributed by atoms with E-state index >= 15 is 0 Å². The highest BCUT2D eigenvalue weighted by molar-refractivity contribution is 9.11. The number of anilines is 2. The molecular formula is C14H12Br2N2O2. The summed E-state index contributed by atoms with van der Waals surface area (Å²) in [6.45, 7) is 0. The van der Waals surface area contributed by atoms with Crippen molar-refractivity contribution in [2.24, 2.45) is 0 Å². The molecule has 0 bridgehead atoms. The molecule has 0 aliphatic rings. The number of nitrogens with two attached hydrogens (primary N) is 1. The van der Waals surface area contributed by atoms with E-state index in [2.05, 4.69) is 37.2 Å². The average Bonchev–Trinajstić information content (AvgIpc) is 2.42. The zero-order chi connectivity index (χ0) is 14.7. The number of hydrogen-bond acceptors (Lipinski definition) is 3. The second-order valence-electron chi connectivity index (χ2n) is 4.04. The van der Waals surface area contributed by atoms with Crippen molar-refractivity contribution in [1.29, 1.82) is 0 Å². The second kappa shape index (κ2) is 6.28. The van der Waals surface area contributed by atoms with E-state index in [1.807, 2.05) is 0 Å². The highest BCUT2D eigenvalue weighted by Crippen LogP contribution is 2.28. The molecule has 1 amide bonds. The topological polar surface area (TPSA) is 64.3 Å². The van der Waals surface area contributed by atoms with Crippen LogP contribution in [0, 0.1) is 0 Å². The zero-order valence-electron chi connectivity index (χ0n) is 10.6. The van der Waals surface area contributed by atoms with E-state index in [9.17, 15) is 4.79 Å². The fraction of sp³-hybridized carbons (Fsp3) is 0.0714. The molecule has 0 fully saturated rings. The third-order valence-electron chi connectivity index (χ3n) is 2.67. The summed E-state index contributed by atoms with van der Waals surface area (Å²) in [6.07, 6.45) is 0. The van der Waals surface area contributed by atoms with E-state index in [-0.39, 0.29) is 5.91 Å². The van der Waals surface area contributed by atoms with Crippen LogP contribution >= 0.6 is 31.9 Å². The maximum absolute atomic E-state index is 12.1. The lowest BCUT2D eigenvalue weighted by atomic mass is 10.2. The molecule has 2 rings (SSSR count). The molecule has 0 heterocycles. The van der Waals surface area contributed by atoms with Crippen LogP contribution in [0.1, 0.15) is 10.4 Å². The Labute approximate surface area is 133 Å². The minimum Gasteiger partial charge on any atom is -0.496 e. The summed E-state index contributed by atoms with van der Waals surface area (Å²) in [7, 11) is 1.59. The number of amides is 1. The van der Waals surface area contributed by atoms with Gasteiger partial charge in [0.2, 0.25) is 0 Å². The molecule has 0 aliphatic carbocycles. The van der Waals surface area contributed by atoms with Gasteiger partial charge >= 0.3 is 0 Å². The Hall–Kier alpha value is -1.53. The lowest BCUT2D eigenvalue weighted by molar-refractivity contribution is 0.102. The standard InChI is InChI=1S/C14H12Br2N2O2/c1-20-13-5-3-9(7-11(13)16)18-14(19)8-2-4-10(15)12(17)6-8/h2-7H,17H2,1H3,(H,18,19). The van der Waals surface area contributed by atoms with E-state index in [1.165, 1.54) is 0 Å². The largest absolute Gasteiger partial charge is 0.496 e. The molecule has 0 atom stereocenters. The number of carbonyl (C=O) groups excluding carboxylic acids is 1. The molecule has 104 valence electrons. The van der Waals surface area contributed by atoms with Gasteiger partial charge in [0.05, 0.1) is 11.6 Å². The molecular weight excluding hydrogens is 388 g/mol. The molecule has 0 radical (unpaired) electrons. The maximum Gasteiger partial charge on any atom is 0.255 e. The first-order valence-corrected chi connectivity index (χ1v) is 7.30. The first-order valence-electron chi connectivity index (χ1n) is 5.71. The Morgan fingerprint density at radius 2 is 1.90 bits per heavy atom. The number of hydrogen-bond donors (Lipinski definition) is 2.